The Labute approximate surface area is 270 Å². The molecule has 0 aliphatic rings. The molecule has 14 heteroatoms. The summed E-state index contributed by atoms with van der Waals surface area (Å²) in [7, 11) is -19.7. The maximum atomic E-state index is 14.8. The van der Waals surface area contributed by atoms with Crippen molar-refractivity contribution < 1.29 is 47.6 Å². The molecule has 264 valence electrons. The molecule has 4 aromatic carbocycles. The van der Waals surface area contributed by atoms with E-state index in [1.54, 1.807) is 12.1 Å². The molecule has 0 aliphatic carbocycles. The van der Waals surface area contributed by atoms with Crippen LogP contribution in [0, 0.1) is 11.6 Å². The molecule has 0 fully saturated rings. The van der Waals surface area contributed by atoms with Crippen molar-refractivity contribution >= 4 is 20.4 Å². The minimum Gasteiger partial charge on any atom is -0.206 e. The summed E-state index contributed by atoms with van der Waals surface area (Å²) in [5, 5.41) is 0. The molecule has 0 spiro atoms. The van der Waals surface area contributed by atoms with E-state index >= 15 is 0 Å². The number of rotatable bonds is 13. The van der Waals surface area contributed by atoms with Gasteiger partial charge in [-0.1, -0.05) is 106 Å². The molecule has 0 aliphatic heterocycles. The Hall–Kier alpha value is -3.52. The molecule has 4 aromatic rings. The highest BCUT2D eigenvalue weighted by Crippen LogP contribution is 3.02. The third-order valence-electron chi connectivity index (χ3n) is 7.71. The third kappa shape index (κ3) is 10.0. The number of hydrogen-bond acceptors (Lipinski definition) is 0. The van der Waals surface area contributed by atoms with Crippen LogP contribution in [0.1, 0.15) is 50.2 Å². The lowest BCUT2D eigenvalue weighted by Gasteiger charge is -2.40. The molecule has 0 unspecified atom stereocenters. The van der Waals surface area contributed by atoms with Gasteiger partial charge in [0.15, 0.2) is 0 Å². The lowest BCUT2D eigenvalue weighted by Crippen LogP contribution is -2.05. The molecule has 48 heavy (non-hydrogen) atoms. The highest BCUT2D eigenvalue weighted by atomic mass is 32.5. The van der Waals surface area contributed by atoms with Gasteiger partial charge in [0.2, 0.25) is 0 Å². The predicted octanol–water partition coefficient (Wildman–Crippen LogP) is 15.3. The van der Waals surface area contributed by atoms with Crippen molar-refractivity contribution in [2.24, 2.45) is 0 Å². The molecule has 0 radical (unpaired) electrons. The number of allylic oxidation sites excluding steroid dienone is 2. The van der Waals surface area contributed by atoms with Crippen LogP contribution in [0.4, 0.5) is 47.6 Å². The van der Waals surface area contributed by atoms with Crippen LogP contribution in [0.25, 0.3) is 22.3 Å². The molecule has 0 N–H and O–H groups in total. The number of hydrogen-bond donors (Lipinski definition) is 0. The molecule has 4 rings (SSSR count). The molecular weight excluding hydrogens is 700 g/mol. The molecule has 0 amide bonds. The SMILES string of the molecule is CCC=C(CCCc1ccc(-c2ccc(S(F)(F)(F)(F)F)cc2)c(F)c1)CCCc1ccc(-c2ccc(S(F)(F)(F)(F)F)cc2)c(F)c1. The van der Waals surface area contributed by atoms with Gasteiger partial charge in [0.1, 0.15) is 21.4 Å². The van der Waals surface area contributed by atoms with Crippen LogP contribution in [-0.4, -0.2) is 0 Å². The van der Waals surface area contributed by atoms with E-state index in [0.29, 0.717) is 49.7 Å². The van der Waals surface area contributed by atoms with Gasteiger partial charge < -0.3 is 0 Å². The topological polar surface area (TPSA) is 0 Å². The fraction of sp³-hybridized carbons (Fsp3) is 0.235. The Morgan fingerprint density at radius 1 is 0.521 bits per heavy atom. The first-order valence-corrected chi connectivity index (χ1v) is 18.7. The fourth-order valence-electron chi connectivity index (χ4n) is 5.34. The molecule has 0 aromatic heterocycles. The molecule has 0 nitrogen and oxygen atoms in total. The molecule has 0 saturated heterocycles. The summed E-state index contributed by atoms with van der Waals surface area (Å²) in [6, 6.07) is 12.8. The van der Waals surface area contributed by atoms with Gasteiger partial charge in [-0.15, -0.1) is 0 Å². The summed E-state index contributed by atoms with van der Waals surface area (Å²) in [4.78, 5) is -4.10. The Kier molecular flexibility index (Phi) is 9.18. The fourth-order valence-corrected chi connectivity index (χ4v) is 6.64. The van der Waals surface area contributed by atoms with E-state index in [1.165, 1.54) is 24.3 Å². The van der Waals surface area contributed by atoms with Gasteiger partial charge in [0, 0.05) is 11.1 Å². The second kappa shape index (κ2) is 11.8. The van der Waals surface area contributed by atoms with Gasteiger partial charge in [0.05, 0.1) is 0 Å². The van der Waals surface area contributed by atoms with Crippen LogP contribution in [0.15, 0.2) is 106 Å². The third-order valence-corrected chi connectivity index (χ3v) is 10.0. The summed E-state index contributed by atoms with van der Waals surface area (Å²) in [5.41, 5.74) is 2.45. The summed E-state index contributed by atoms with van der Waals surface area (Å²) in [5.74, 6) is -1.40. The summed E-state index contributed by atoms with van der Waals surface area (Å²) in [6.45, 7) is 1.97. The van der Waals surface area contributed by atoms with Crippen molar-refractivity contribution in [1.82, 2.24) is 0 Å². The summed E-state index contributed by atoms with van der Waals surface area (Å²) < 4.78 is 159. The van der Waals surface area contributed by atoms with E-state index in [2.05, 4.69) is 6.08 Å². The van der Waals surface area contributed by atoms with Gasteiger partial charge in [0.25, 0.3) is 0 Å². The maximum absolute atomic E-state index is 14.8. The van der Waals surface area contributed by atoms with Crippen molar-refractivity contribution in [3.63, 3.8) is 0 Å². The summed E-state index contributed by atoms with van der Waals surface area (Å²) >= 11 is 0. The zero-order valence-corrected chi connectivity index (χ0v) is 27.1. The minimum atomic E-state index is -9.83. The van der Waals surface area contributed by atoms with E-state index in [1.807, 2.05) is 6.92 Å². The Morgan fingerprint density at radius 2 is 0.875 bits per heavy atom. The number of halogens is 12. The standard InChI is InChI=1S/C34H32F12S2/c1-2-5-24(6-3-8-25-10-20-31(33(35)22-25)27-12-16-29(17-13-27)47(37,38,39,40)41)7-4-9-26-11-21-32(34(36)23-26)28-14-18-30(19-15-28)48(42,43,44,45)46/h5,10-23H,2-4,6-9H2,1H3. The van der Waals surface area contributed by atoms with Gasteiger partial charge in [-0.05, 0) is 104 Å². The monoisotopic (exact) mass is 732 g/mol. The lowest BCUT2D eigenvalue weighted by atomic mass is 9.96. The van der Waals surface area contributed by atoms with Gasteiger partial charge in [-0.3, -0.25) is 0 Å². The highest BCUT2D eigenvalue weighted by Gasteiger charge is 2.66. The van der Waals surface area contributed by atoms with Crippen LogP contribution in [-0.2, 0) is 12.8 Å². The molecule has 0 saturated carbocycles. The van der Waals surface area contributed by atoms with Crippen molar-refractivity contribution in [1.29, 1.82) is 0 Å². The predicted molar refractivity (Wildman–Crippen MR) is 171 cm³/mol. The first-order chi connectivity index (χ1) is 21.8. The van der Waals surface area contributed by atoms with E-state index < -0.39 is 41.9 Å². The summed E-state index contributed by atoms with van der Waals surface area (Å²) in [6.07, 6.45) is 6.53. The molecule has 0 heterocycles. The zero-order chi connectivity index (χ0) is 35.7. The van der Waals surface area contributed by atoms with Crippen molar-refractivity contribution in [3.8, 4) is 22.3 Å². The average molecular weight is 733 g/mol. The highest BCUT2D eigenvalue weighted by molar-refractivity contribution is 8.46. The van der Waals surface area contributed by atoms with E-state index in [-0.39, 0.29) is 46.5 Å². The number of aryl methyl sites for hydroxylation is 2. The first kappa shape index (κ1) is 37.3. The smallest absolute Gasteiger partial charge is 0.206 e. The zero-order valence-electron chi connectivity index (χ0n) is 25.5. The first-order valence-electron chi connectivity index (χ1n) is 14.8. The average Bonchev–Trinajstić information content (AvgIpc) is 2.95. The van der Waals surface area contributed by atoms with E-state index in [4.69, 9.17) is 0 Å². The lowest BCUT2D eigenvalue weighted by molar-refractivity contribution is 0.360. The Morgan fingerprint density at radius 3 is 1.17 bits per heavy atom. The Bertz CT molecular complexity index is 1680. The number of benzene rings is 4. The van der Waals surface area contributed by atoms with Crippen LogP contribution < -0.4 is 0 Å². The minimum absolute atomic E-state index is 0.0199. The van der Waals surface area contributed by atoms with Crippen molar-refractivity contribution in [2.75, 3.05) is 0 Å². The van der Waals surface area contributed by atoms with Crippen LogP contribution >= 0.6 is 20.4 Å². The van der Waals surface area contributed by atoms with Crippen molar-refractivity contribution in [3.05, 3.63) is 119 Å². The quantitative estimate of drug-likeness (QED) is 0.0948. The molecular formula is C34H32F12S2. The molecule has 0 atom stereocenters. The molecule has 0 bridgehead atoms. The van der Waals surface area contributed by atoms with Crippen molar-refractivity contribution in [2.45, 2.75) is 61.7 Å². The normalized spacial score (nSPS) is 15.2. The van der Waals surface area contributed by atoms with Gasteiger partial charge >= 0.3 is 20.4 Å². The van der Waals surface area contributed by atoms with E-state index in [9.17, 15) is 47.6 Å². The second-order valence-corrected chi connectivity index (χ2v) is 16.4. The van der Waals surface area contributed by atoms with Crippen LogP contribution in [0.3, 0.4) is 0 Å². The van der Waals surface area contributed by atoms with Crippen LogP contribution in [0.2, 0.25) is 0 Å². The van der Waals surface area contributed by atoms with Gasteiger partial charge in [-0.2, -0.15) is 0 Å². The second-order valence-electron chi connectivity index (χ2n) is 11.6. The van der Waals surface area contributed by atoms with E-state index in [0.717, 1.165) is 36.3 Å². The Balaban J connectivity index is 1.30. The largest absolute Gasteiger partial charge is 0.310 e. The maximum Gasteiger partial charge on any atom is 0.310 e. The van der Waals surface area contributed by atoms with Crippen LogP contribution in [0.5, 0.6) is 0 Å². The van der Waals surface area contributed by atoms with Gasteiger partial charge in [-0.25, -0.2) is 8.78 Å².